The van der Waals surface area contributed by atoms with Crippen molar-refractivity contribution in [2.45, 2.75) is 180 Å². The monoisotopic (exact) mass is 835 g/mol. The van der Waals surface area contributed by atoms with E-state index in [-0.39, 0.29) is 13.0 Å². The largest absolute Gasteiger partial charge is 0.472 e. The normalized spacial score (nSPS) is 14.8. The number of unbranched alkanes of at least 4 members (excludes halogenated alkanes) is 14. The quantitative estimate of drug-likeness (QED) is 0.0238. The molecule has 334 valence electrons. The molecule has 3 N–H and O–H groups in total. The molecule has 0 spiro atoms. The number of rotatable bonds is 42. The van der Waals surface area contributed by atoms with E-state index < -0.39 is 45.8 Å². The molecule has 0 aliphatic heterocycles. The first-order chi connectivity index (χ1) is 28.3. The predicted molar refractivity (Wildman–Crippen MR) is 242 cm³/mol. The van der Waals surface area contributed by atoms with E-state index in [1.807, 2.05) is 0 Å². The molecule has 0 aliphatic carbocycles. The standard InChI is InChI=1S/C48H83O9P/c1-3-5-7-9-11-13-15-17-19-21-22-23-24-25-26-28-30-32-34-36-38-40-48(51)57-47(45-56-58(52,53)55-43-46(50)42-49)44-54-41-39-37-35-33-31-29-27-20-18-16-14-12-10-8-6-4-2/h5,7,11,13,17-20,22-23,25-26,30,32,46-47,49-50H,3-4,6,8-10,12,14-16,21,24,27-29,31,33-45H2,1-2H3,(H,52,53)/b7-5-,13-11-,19-17-,20-18-,23-22-,26-25-,32-30-. The predicted octanol–water partition coefficient (Wildman–Crippen LogP) is 12.7. The maximum atomic E-state index is 12.6. The van der Waals surface area contributed by atoms with E-state index in [0.717, 1.165) is 77.0 Å². The third-order valence-electron chi connectivity index (χ3n) is 9.06. The van der Waals surface area contributed by atoms with Crippen LogP contribution in [0.4, 0.5) is 0 Å². The van der Waals surface area contributed by atoms with Crippen molar-refractivity contribution in [3.63, 3.8) is 0 Å². The van der Waals surface area contributed by atoms with Gasteiger partial charge < -0.3 is 24.6 Å². The van der Waals surface area contributed by atoms with E-state index in [0.29, 0.717) is 13.0 Å². The molecule has 0 aromatic rings. The fourth-order valence-corrected chi connectivity index (χ4v) is 6.44. The van der Waals surface area contributed by atoms with Gasteiger partial charge in [-0.2, -0.15) is 0 Å². The van der Waals surface area contributed by atoms with Crippen LogP contribution in [-0.2, 0) is 27.9 Å². The van der Waals surface area contributed by atoms with Crippen LogP contribution in [-0.4, -0.2) is 66.3 Å². The van der Waals surface area contributed by atoms with Crippen molar-refractivity contribution in [1.29, 1.82) is 0 Å². The van der Waals surface area contributed by atoms with Crippen LogP contribution >= 0.6 is 7.82 Å². The van der Waals surface area contributed by atoms with E-state index in [4.69, 9.17) is 23.6 Å². The second-order valence-corrected chi connectivity index (χ2v) is 16.1. The van der Waals surface area contributed by atoms with Gasteiger partial charge in [-0.15, -0.1) is 0 Å². The molecule has 0 saturated heterocycles. The number of carbonyl (C=O) groups excluding carboxylic acids is 1. The second-order valence-electron chi connectivity index (χ2n) is 14.7. The van der Waals surface area contributed by atoms with Crippen molar-refractivity contribution >= 4 is 13.8 Å². The lowest BCUT2D eigenvalue weighted by atomic mass is 10.1. The Morgan fingerprint density at radius 1 is 0.552 bits per heavy atom. The number of esters is 1. The lowest BCUT2D eigenvalue weighted by Gasteiger charge is -2.20. The van der Waals surface area contributed by atoms with Crippen LogP contribution in [0.15, 0.2) is 85.1 Å². The average Bonchev–Trinajstić information content (AvgIpc) is 3.21. The summed E-state index contributed by atoms with van der Waals surface area (Å²) in [5.41, 5.74) is 0. The smallest absolute Gasteiger partial charge is 0.457 e. The van der Waals surface area contributed by atoms with Crippen LogP contribution in [0.2, 0.25) is 0 Å². The van der Waals surface area contributed by atoms with Gasteiger partial charge >= 0.3 is 13.8 Å². The zero-order chi connectivity index (χ0) is 42.5. The molecule has 10 heteroatoms. The van der Waals surface area contributed by atoms with Crippen molar-refractivity contribution in [2.24, 2.45) is 0 Å². The second kappa shape index (κ2) is 44.2. The Labute approximate surface area is 354 Å². The Morgan fingerprint density at radius 2 is 0.983 bits per heavy atom. The fourth-order valence-electron chi connectivity index (χ4n) is 5.65. The highest BCUT2D eigenvalue weighted by atomic mass is 31.2. The van der Waals surface area contributed by atoms with Gasteiger partial charge in [0.15, 0.2) is 0 Å². The van der Waals surface area contributed by atoms with Gasteiger partial charge in [0.25, 0.3) is 0 Å². The minimum Gasteiger partial charge on any atom is -0.457 e. The molecule has 0 bridgehead atoms. The van der Waals surface area contributed by atoms with Crippen molar-refractivity contribution < 1.29 is 43.0 Å². The van der Waals surface area contributed by atoms with Crippen LogP contribution < -0.4 is 0 Å². The minimum absolute atomic E-state index is 0.0224. The van der Waals surface area contributed by atoms with E-state index in [9.17, 15) is 19.4 Å². The van der Waals surface area contributed by atoms with Crippen LogP contribution in [0.1, 0.15) is 168 Å². The van der Waals surface area contributed by atoms with E-state index in [2.05, 4.69) is 98.9 Å². The molecule has 0 aliphatic rings. The number of aliphatic hydroxyl groups excluding tert-OH is 2. The van der Waals surface area contributed by atoms with Crippen LogP contribution in [0.25, 0.3) is 0 Å². The Morgan fingerprint density at radius 3 is 1.50 bits per heavy atom. The summed E-state index contributed by atoms with van der Waals surface area (Å²) >= 11 is 0. The molecule has 0 heterocycles. The molecule has 0 radical (unpaired) electrons. The first-order valence-corrected chi connectivity index (χ1v) is 24.1. The summed E-state index contributed by atoms with van der Waals surface area (Å²) < 4.78 is 33.3. The Hall–Kier alpha value is -2.36. The summed E-state index contributed by atoms with van der Waals surface area (Å²) in [6.07, 6.45) is 54.0. The van der Waals surface area contributed by atoms with Crippen molar-refractivity contribution in [2.75, 3.05) is 33.0 Å². The number of aliphatic hydroxyl groups is 2. The molecule has 3 unspecified atom stereocenters. The van der Waals surface area contributed by atoms with Crippen molar-refractivity contribution in [3.8, 4) is 0 Å². The molecule has 0 saturated carbocycles. The molecule has 3 atom stereocenters. The van der Waals surface area contributed by atoms with Crippen molar-refractivity contribution in [1.82, 2.24) is 0 Å². The zero-order valence-electron chi connectivity index (χ0n) is 36.5. The number of ether oxygens (including phenoxy) is 2. The van der Waals surface area contributed by atoms with Gasteiger partial charge in [0.2, 0.25) is 0 Å². The summed E-state index contributed by atoms with van der Waals surface area (Å²) in [6, 6.07) is 0. The van der Waals surface area contributed by atoms with Gasteiger partial charge in [-0.05, 0) is 89.9 Å². The topological polar surface area (TPSA) is 132 Å². The molecule has 0 rings (SSSR count). The first kappa shape index (κ1) is 55.6. The first-order valence-electron chi connectivity index (χ1n) is 22.6. The number of phosphoric ester groups is 1. The zero-order valence-corrected chi connectivity index (χ0v) is 37.4. The molecule has 0 aromatic heterocycles. The molecule has 58 heavy (non-hydrogen) atoms. The Bertz CT molecular complexity index is 1170. The highest BCUT2D eigenvalue weighted by molar-refractivity contribution is 7.47. The summed E-state index contributed by atoms with van der Waals surface area (Å²) in [7, 11) is -4.54. The van der Waals surface area contributed by atoms with Crippen LogP contribution in [0.5, 0.6) is 0 Å². The van der Waals surface area contributed by atoms with E-state index in [1.165, 1.54) is 64.2 Å². The highest BCUT2D eigenvalue weighted by Crippen LogP contribution is 2.43. The number of allylic oxidation sites excluding steroid dienone is 14. The Balaban J connectivity index is 4.28. The van der Waals surface area contributed by atoms with Gasteiger partial charge in [-0.25, -0.2) is 4.57 Å². The summed E-state index contributed by atoms with van der Waals surface area (Å²) in [5.74, 6) is -0.429. The lowest BCUT2D eigenvalue weighted by Crippen LogP contribution is -2.29. The SMILES string of the molecule is CC/C=C\C/C=C\C/C=C\C/C=C\C/C=C\C/C=C\CCCCC(=O)OC(COCCCCCCCC/C=C\CCCCCCCC)COP(=O)(O)OCC(O)CO. The number of phosphoric acid groups is 1. The third kappa shape index (κ3) is 43.2. The average molecular weight is 835 g/mol. The molecular weight excluding hydrogens is 751 g/mol. The van der Waals surface area contributed by atoms with Gasteiger partial charge in [0, 0.05) is 13.0 Å². The molecule has 9 nitrogen and oxygen atoms in total. The summed E-state index contributed by atoms with van der Waals surface area (Å²) in [4.78, 5) is 22.6. The molecule has 0 amide bonds. The Kier molecular flexibility index (Phi) is 42.4. The van der Waals surface area contributed by atoms with Gasteiger partial charge in [0.05, 0.1) is 26.4 Å². The maximum Gasteiger partial charge on any atom is 0.472 e. The molecular formula is C48H83O9P. The molecule has 0 fully saturated rings. The number of hydrogen-bond donors (Lipinski definition) is 3. The number of hydrogen-bond acceptors (Lipinski definition) is 8. The third-order valence-corrected chi connectivity index (χ3v) is 10.0. The number of carbonyl (C=O) groups is 1. The van der Waals surface area contributed by atoms with Gasteiger partial charge in [-0.1, -0.05) is 157 Å². The van der Waals surface area contributed by atoms with Gasteiger partial charge in [0.1, 0.15) is 12.2 Å². The minimum atomic E-state index is -4.54. The van der Waals surface area contributed by atoms with E-state index in [1.54, 1.807) is 0 Å². The fraction of sp³-hybridized carbons (Fsp3) is 0.688. The van der Waals surface area contributed by atoms with Crippen LogP contribution in [0, 0.1) is 0 Å². The highest BCUT2D eigenvalue weighted by Gasteiger charge is 2.26. The molecule has 0 aromatic carbocycles. The van der Waals surface area contributed by atoms with E-state index >= 15 is 0 Å². The summed E-state index contributed by atoms with van der Waals surface area (Å²) in [5, 5.41) is 18.4. The maximum absolute atomic E-state index is 12.6. The van der Waals surface area contributed by atoms with Gasteiger partial charge in [-0.3, -0.25) is 13.8 Å². The lowest BCUT2D eigenvalue weighted by molar-refractivity contribution is -0.154. The van der Waals surface area contributed by atoms with Crippen LogP contribution in [0.3, 0.4) is 0 Å². The summed E-state index contributed by atoms with van der Waals surface area (Å²) in [6.45, 7) is 3.31. The van der Waals surface area contributed by atoms with Crippen molar-refractivity contribution in [3.05, 3.63) is 85.1 Å².